The average molecular weight is 371 g/mol. The first-order valence-corrected chi connectivity index (χ1v) is 9.64. The van der Waals surface area contributed by atoms with Gasteiger partial charge in [-0.05, 0) is 53.9 Å². The molecule has 0 aliphatic carbocycles. The van der Waals surface area contributed by atoms with Gasteiger partial charge in [-0.25, -0.2) is 0 Å². The van der Waals surface area contributed by atoms with Crippen LogP contribution in [-0.4, -0.2) is 20.0 Å². The number of nitrogens with one attached hydrogen (secondary N) is 1. The largest absolute Gasteiger partial charge is 0.378 e. The van der Waals surface area contributed by atoms with Crippen molar-refractivity contribution in [3.63, 3.8) is 0 Å². The molecule has 1 aliphatic heterocycles. The summed E-state index contributed by atoms with van der Waals surface area (Å²) < 4.78 is 0. The molecule has 0 spiro atoms. The van der Waals surface area contributed by atoms with Crippen molar-refractivity contribution in [1.82, 2.24) is 0 Å². The van der Waals surface area contributed by atoms with Crippen molar-refractivity contribution < 1.29 is 4.79 Å². The van der Waals surface area contributed by atoms with Crippen LogP contribution in [0.25, 0.3) is 0 Å². The molecule has 1 N–H and O–H groups in total. The number of fused-ring (bicyclic) bond motifs is 1. The van der Waals surface area contributed by atoms with Gasteiger partial charge in [-0.1, -0.05) is 43.3 Å². The number of nitrogens with zero attached hydrogens (tertiary/aromatic N) is 2. The van der Waals surface area contributed by atoms with Gasteiger partial charge in [0.05, 0.1) is 5.56 Å². The monoisotopic (exact) mass is 371 g/mol. The number of hydrogen-bond donors (Lipinski definition) is 1. The van der Waals surface area contributed by atoms with Gasteiger partial charge >= 0.3 is 0 Å². The lowest BCUT2D eigenvalue weighted by molar-refractivity contribution is 0.0975. The van der Waals surface area contributed by atoms with Crippen molar-refractivity contribution in [2.24, 2.45) is 0 Å². The Kier molecular flexibility index (Phi) is 4.78. The second-order valence-corrected chi connectivity index (χ2v) is 7.27. The zero-order valence-corrected chi connectivity index (χ0v) is 16.5. The number of carbonyl (C=O) groups excluding carboxylic acids is 1. The Morgan fingerprint density at radius 2 is 1.61 bits per heavy atom. The number of carbonyl (C=O) groups is 1. The highest BCUT2D eigenvalue weighted by atomic mass is 16.2. The van der Waals surface area contributed by atoms with E-state index < -0.39 is 0 Å². The molecule has 1 atom stereocenters. The molecule has 0 unspecified atom stereocenters. The zero-order chi connectivity index (χ0) is 19.7. The Bertz CT molecular complexity index is 977. The van der Waals surface area contributed by atoms with Crippen molar-refractivity contribution in [1.29, 1.82) is 0 Å². The Balaban J connectivity index is 1.79. The molecule has 1 amide bonds. The lowest BCUT2D eigenvalue weighted by atomic mass is 10.0. The van der Waals surface area contributed by atoms with E-state index in [1.165, 1.54) is 5.56 Å². The third-order valence-corrected chi connectivity index (χ3v) is 5.27. The van der Waals surface area contributed by atoms with Gasteiger partial charge in [0, 0.05) is 31.2 Å². The van der Waals surface area contributed by atoms with Crippen LogP contribution in [0.1, 0.15) is 34.6 Å². The molecule has 0 fully saturated rings. The number of aryl methyl sites for hydroxylation is 1. The summed E-state index contributed by atoms with van der Waals surface area (Å²) in [5.74, 6) is 0.0142. The SMILES string of the molecule is CCc1ccc(N2C(=O)c3ccccc3N[C@@H]2c2ccc(N(C)C)cc2)cc1. The van der Waals surface area contributed by atoms with Crippen molar-refractivity contribution in [3.05, 3.63) is 89.5 Å². The van der Waals surface area contributed by atoms with E-state index in [1.54, 1.807) is 0 Å². The van der Waals surface area contributed by atoms with E-state index in [2.05, 4.69) is 53.5 Å². The topological polar surface area (TPSA) is 35.6 Å². The summed E-state index contributed by atoms with van der Waals surface area (Å²) in [5, 5.41) is 3.56. The predicted molar refractivity (Wildman–Crippen MR) is 116 cm³/mol. The third kappa shape index (κ3) is 3.22. The van der Waals surface area contributed by atoms with Crippen LogP contribution in [0.3, 0.4) is 0 Å². The minimum atomic E-state index is -0.258. The fourth-order valence-corrected chi connectivity index (χ4v) is 3.60. The van der Waals surface area contributed by atoms with Crippen LogP contribution in [0, 0.1) is 0 Å². The molecule has 142 valence electrons. The molecular weight excluding hydrogens is 346 g/mol. The molecule has 4 heteroatoms. The van der Waals surface area contributed by atoms with Gasteiger partial charge in [-0.15, -0.1) is 0 Å². The van der Waals surface area contributed by atoms with E-state index in [0.717, 1.165) is 29.0 Å². The van der Waals surface area contributed by atoms with E-state index in [4.69, 9.17) is 0 Å². The molecule has 28 heavy (non-hydrogen) atoms. The first kappa shape index (κ1) is 18.1. The molecule has 4 nitrogen and oxygen atoms in total. The van der Waals surface area contributed by atoms with Gasteiger partial charge in [0.15, 0.2) is 0 Å². The molecule has 3 aromatic carbocycles. The van der Waals surface area contributed by atoms with Gasteiger partial charge in [-0.3, -0.25) is 9.69 Å². The highest BCUT2D eigenvalue weighted by Crippen LogP contribution is 2.37. The van der Waals surface area contributed by atoms with Gasteiger partial charge < -0.3 is 10.2 Å². The predicted octanol–water partition coefficient (Wildman–Crippen LogP) is 5.09. The third-order valence-electron chi connectivity index (χ3n) is 5.27. The molecule has 1 aliphatic rings. The molecule has 4 rings (SSSR count). The van der Waals surface area contributed by atoms with Crippen molar-refractivity contribution >= 4 is 23.0 Å². The molecule has 0 saturated carbocycles. The molecule has 0 saturated heterocycles. The van der Waals surface area contributed by atoms with E-state index in [1.807, 2.05) is 55.4 Å². The van der Waals surface area contributed by atoms with Gasteiger partial charge in [-0.2, -0.15) is 0 Å². The van der Waals surface area contributed by atoms with Crippen LogP contribution in [0.5, 0.6) is 0 Å². The molecule has 0 radical (unpaired) electrons. The molecule has 0 bridgehead atoms. The number of amides is 1. The highest BCUT2D eigenvalue weighted by molar-refractivity contribution is 6.12. The van der Waals surface area contributed by atoms with Gasteiger partial charge in [0.2, 0.25) is 0 Å². The maximum atomic E-state index is 13.4. The highest BCUT2D eigenvalue weighted by Gasteiger charge is 2.33. The molecular formula is C24H25N3O. The zero-order valence-electron chi connectivity index (χ0n) is 16.5. The Morgan fingerprint density at radius 3 is 2.25 bits per heavy atom. The van der Waals surface area contributed by atoms with Crippen LogP contribution in [-0.2, 0) is 6.42 Å². The second kappa shape index (κ2) is 7.39. The van der Waals surface area contributed by atoms with E-state index in [-0.39, 0.29) is 12.1 Å². The van der Waals surface area contributed by atoms with E-state index >= 15 is 0 Å². The number of benzene rings is 3. The number of hydrogen-bond acceptors (Lipinski definition) is 3. The van der Waals surface area contributed by atoms with Crippen LogP contribution in [0.2, 0.25) is 0 Å². The summed E-state index contributed by atoms with van der Waals surface area (Å²) in [6.45, 7) is 2.13. The van der Waals surface area contributed by atoms with E-state index in [9.17, 15) is 4.79 Å². The minimum Gasteiger partial charge on any atom is -0.378 e. The van der Waals surface area contributed by atoms with Crippen molar-refractivity contribution in [2.45, 2.75) is 19.5 Å². The summed E-state index contributed by atoms with van der Waals surface area (Å²) >= 11 is 0. The quantitative estimate of drug-likeness (QED) is 0.694. The van der Waals surface area contributed by atoms with Crippen LogP contribution >= 0.6 is 0 Å². The summed E-state index contributed by atoms with van der Waals surface area (Å²) in [4.78, 5) is 17.3. The second-order valence-electron chi connectivity index (χ2n) is 7.27. The fourth-order valence-electron chi connectivity index (χ4n) is 3.60. The standard InChI is InChI=1S/C24H25N3O/c1-4-17-9-13-20(14-10-17)27-23(18-11-15-19(16-12-18)26(2)3)25-22-8-6-5-7-21(22)24(27)28/h5-16,23,25H,4H2,1-3H3/t23-/m0/s1. The number of anilines is 3. The summed E-state index contributed by atoms with van der Waals surface area (Å²) in [6, 6.07) is 24.3. The normalized spacial score (nSPS) is 15.8. The smallest absolute Gasteiger partial charge is 0.262 e. The Labute approximate surface area is 166 Å². The summed E-state index contributed by atoms with van der Waals surface area (Å²) in [7, 11) is 4.05. The Hall–Kier alpha value is -3.27. The first-order chi connectivity index (χ1) is 13.6. The average Bonchev–Trinajstić information content (AvgIpc) is 2.74. The maximum Gasteiger partial charge on any atom is 0.262 e. The van der Waals surface area contributed by atoms with Crippen LogP contribution < -0.4 is 15.1 Å². The van der Waals surface area contributed by atoms with Crippen LogP contribution in [0.4, 0.5) is 17.1 Å². The van der Waals surface area contributed by atoms with Gasteiger partial charge in [0.25, 0.3) is 5.91 Å². The first-order valence-electron chi connectivity index (χ1n) is 9.64. The minimum absolute atomic E-state index is 0.0142. The Morgan fingerprint density at radius 1 is 0.929 bits per heavy atom. The summed E-state index contributed by atoms with van der Waals surface area (Å²) in [5.41, 5.74) is 5.90. The molecule has 0 aromatic heterocycles. The van der Waals surface area contributed by atoms with Crippen molar-refractivity contribution in [2.75, 3.05) is 29.2 Å². The van der Waals surface area contributed by atoms with Crippen LogP contribution in [0.15, 0.2) is 72.8 Å². The number of rotatable bonds is 4. The fraction of sp³-hybridized carbons (Fsp3) is 0.208. The van der Waals surface area contributed by atoms with Crippen molar-refractivity contribution in [3.8, 4) is 0 Å². The molecule has 1 heterocycles. The molecule has 3 aromatic rings. The lowest BCUT2D eigenvalue weighted by Crippen LogP contribution is -2.43. The summed E-state index contributed by atoms with van der Waals surface area (Å²) in [6.07, 6.45) is 0.719. The lowest BCUT2D eigenvalue weighted by Gasteiger charge is -2.38. The van der Waals surface area contributed by atoms with Gasteiger partial charge in [0.1, 0.15) is 6.17 Å². The maximum absolute atomic E-state index is 13.4. The van der Waals surface area contributed by atoms with E-state index in [0.29, 0.717) is 5.56 Å². The number of para-hydroxylation sites is 1.